The van der Waals surface area contributed by atoms with Crippen molar-refractivity contribution in [2.75, 3.05) is 32.8 Å². The zero-order valence-electron chi connectivity index (χ0n) is 10.5. The topological polar surface area (TPSA) is 52.6 Å². The monoisotopic (exact) mass is 240 g/mol. The van der Waals surface area contributed by atoms with Crippen molar-refractivity contribution in [1.82, 2.24) is 10.2 Å². The summed E-state index contributed by atoms with van der Waals surface area (Å²) < 4.78 is 0. The maximum Gasteiger partial charge on any atom is 0.222 e. The van der Waals surface area contributed by atoms with E-state index in [1.165, 1.54) is 12.8 Å². The molecular weight excluding hydrogens is 216 g/mol. The third kappa shape index (κ3) is 3.68. The number of hydrogen-bond acceptors (Lipinski definition) is 3. The Morgan fingerprint density at radius 2 is 2.12 bits per heavy atom. The van der Waals surface area contributed by atoms with Crippen LogP contribution in [0.2, 0.25) is 0 Å². The van der Waals surface area contributed by atoms with Gasteiger partial charge in [0.05, 0.1) is 0 Å². The SMILES string of the molecule is O=C(CC1CCCNC1)N1CCCC(CO)C1. The number of nitrogens with one attached hydrogen (secondary N) is 1. The van der Waals surface area contributed by atoms with Gasteiger partial charge in [-0.3, -0.25) is 4.79 Å². The Hall–Kier alpha value is -0.610. The molecule has 2 rings (SSSR count). The summed E-state index contributed by atoms with van der Waals surface area (Å²) in [6.45, 7) is 3.95. The van der Waals surface area contributed by atoms with Gasteiger partial charge in [0.2, 0.25) is 5.91 Å². The van der Waals surface area contributed by atoms with Gasteiger partial charge in [-0.25, -0.2) is 0 Å². The first kappa shape index (κ1) is 12.8. The normalized spacial score (nSPS) is 30.3. The Kier molecular flexibility index (Phi) is 4.80. The van der Waals surface area contributed by atoms with E-state index in [0.29, 0.717) is 18.3 Å². The molecule has 4 nitrogen and oxygen atoms in total. The van der Waals surface area contributed by atoms with Crippen LogP contribution in [0.4, 0.5) is 0 Å². The maximum atomic E-state index is 12.1. The molecule has 2 fully saturated rings. The lowest BCUT2D eigenvalue weighted by atomic mass is 9.94. The van der Waals surface area contributed by atoms with Crippen LogP contribution in [0, 0.1) is 11.8 Å². The maximum absolute atomic E-state index is 12.1. The molecule has 0 aromatic rings. The number of carbonyl (C=O) groups is 1. The van der Waals surface area contributed by atoms with E-state index in [-0.39, 0.29) is 12.5 Å². The molecule has 0 bridgehead atoms. The van der Waals surface area contributed by atoms with Crippen LogP contribution in [-0.2, 0) is 4.79 Å². The Labute approximate surface area is 103 Å². The summed E-state index contributed by atoms with van der Waals surface area (Å²) in [4.78, 5) is 14.1. The molecule has 2 heterocycles. The molecule has 2 aliphatic heterocycles. The quantitative estimate of drug-likeness (QED) is 0.760. The van der Waals surface area contributed by atoms with E-state index in [1.807, 2.05) is 4.90 Å². The lowest BCUT2D eigenvalue weighted by Gasteiger charge is -2.33. The summed E-state index contributed by atoms with van der Waals surface area (Å²) in [5.41, 5.74) is 0. The van der Waals surface area contributed by atoms with E-state index in [9.17, 15) is 4.79 Å². The van der Waals surface area contributed by atoms with E-state index in [4.69, 9.17) is 5.11 Å². The molecular formula is C13H24N2O2. The molecule has 2 aliphatic rings. The van der Waals surface area contributed by atoms with Crippen LogP contribution in [0.25, 0.3) is 0 Å². The van der Waals surface area contributed by atoms with Crippen LogP contribution < -0.4 is 5.32 Å². The number of rotatable bonds is 3. The summed E-state index contributed by atoms with van der Waals surface area (Å²) in [7, 11) is 0. The van der Waals surface area contributed by atoms with E-state index < -0.39 is 0 Å². The van der Waals surface area contributed by atoms with Gasteiger partial charge in [0.1, 0.15) is 0 Å². The summed E-state index contributed by atoms with van der Waals surface area (Å²) in [6, 6.07) is 0. The minimum absolute atomic E-state index is 0.217. The molecule has 2 unspecified atom stereocenters. The van der Waals surface area contributed by atoms with Crippen molar-refractivity contribution in [2.24, 2.45) is 11.8 Å². The minimum Gasteiger partial charge on any atom is -0.396 e. The van der Waals surface area contributed by atoms with Crippen LogP contribution in [-0.4, -0.2) is 48.7 Å². The standard InChI is InChI=1S/C13H24N2O2/c16-10-12-4-2-6-15(9-12)13(17)7-11-3-1-5-14-8-11/h11-12,14,16H,1-10H2. The third-order valence-electron chi connectivity index (χ3n) is 3.99. The smallest absolute Gasteiger partial charge is 0.222 e. The van der Waals surface area contributed by atoms with Crippen molar-refractivity contribution < 1.29 is 9.90 Å². The fourth-order valence-corrected chi connectivity index (χ4v) is 2.91. The van der Waals surface area contributed by atoms with Crippen molar-refractivity contribution in [1.29, 1.82) is 0 Å². The number of likely N-dealkylation sites (tertiary alicyclic amines) is 1. The molecule has 1 amide bonds. The highest BCUT2D eigenvalue weighted by Crippen LogP contribution is 2.20. The van der Waals surface area contributed by atoms with Gasteiger partial charge >= 0.3 is 0 Å². The number of aliphatic hydroxyl groups excluding tert-OH is 1. The fourth-order valence-electron chi connectivity index (χ4n) is 2.91. The largest absolute Gasteiger partial charge is 0.396 e. The molecule has 0 radical (unpaired) electrons. The number of nitrogens with zero attached hydrogens (tertiary/aromatic N) is 1. The molecule has 4 heteroatoms. The van der Waals surface area contributed by atoms with Gasteiger partial charge in [-0.05, 0) is 50.6 Å². The molecule has 0 aromatic heterocycles. The molecule has 0 aliphatic carbocycles. The van der Waals surface area contributed by atoms with Crippen LogP contribution >= 0.6 is 0 Å². The van der Waals surface area contributed by atoms with E-state index >= 15 is 0 Å². The van der Waals surface area contributed by atoms with Crippen molar-refractivity contribution >= 4 is 5.91 Å². The van der Waals surface area contributed by atoms with Crippen molar-refractivity contribution in [3.8, 4) is 0 Å². The number of aliphatic hydroxyl groups is 1. The van der Waals surface area contributed by atoms with Crippen LogP contribution in [0.3, 0.4) is 0 Å². The summed E-state index contributed by atoms with van der Waals surface area (Å²) in [5, 5.41) is 12.5. The highest BCUT2D eigenvalue weighted by Gasteiger charge is 2.25. The molecule has 0 saturated carbocycles. The van der Waals surface area contributed by atoms with Crippen LogP contribution in [0.5, 0.6) is 0 Å². The highest BCUT2D eigenvalue weighted by atomic mass is 16.3. The van der Waals surface area contributed by atoms with Crippen LogP contribution in [0.1, 0.15) is 32.1 Å². The zero-order chi connectivity index (χ0) is 12.1. The first-order chi connectivity index (χ1) is 8.29. The van der Waals surface area contributed by atoms with Gasteiger partial charge in [-0.1, -0.05) is 0 Å². The number of hydrogen-bond donors (Lipinski definition) is 2. The molecule has 2 N–H and O–H groups in total. The molecule has 0 spiro atoms. The third-order valence-corrected chi connectivity index (χ3v) is 3.99. The summed E-state index contributed by atoms with van der Waals surface area (Å²) >= 11 is 0. The Morgan fingerprint density at radius 1 is 1.29 bits per heavy atom. The van der Waals surface area contributed by atoms with Crippen molar-refractivity contribution in [3.05, 3.63) is 0 Å². The highest BCUT2D eigenvalue weighted by molar-refractivity contribution is 5.76. The predicted octanol–water partition coefficient (Wildman–Crippen LogP) is 0.607. The van der Waals surface area contributed by atoms with Gasteiger partial charge in [0, 0.05) is 26.1 Å². The lowest BCUT2D eigenvalue weighted by Crippen LogP contribution is -2.42. The minimum atomic E-state index is 0.217. The second-order valence-electron chi connectivity index (χ2n) is 5.45. The summed E-state index contributed by atoms with van der Waals surface area (Å²) in [5.74, 6) is 1.11. The fraction of sp³-hybridized carbons (Fsp3) is 0.923. The van der Waals surface area contributed by atoms with Gasteiger partial charge in [-0.15, -0.1) is 0 Å². The van der Waals surface area contributed by atoms with Crippen molar-refractivity contribution in [3.63, 3.8) is 0 Å². The lowest BCUT2D eigenvalue weighted by molar-refractivity contribution is -0.134. The predicted molar refractivity (Wildman–Crippen MR) is 66.6 cm³/mol. The van der Waals surface area contributed by atoms with Gasteiger partial charge in [0.15, 0.2) is 0 Å². The average Bonchev–Trinajstić information content (AvgIpc) is 2.40. The van der Waals surface area contributed by atoms with E-state index in [1.54, 1.807) is 0 Å². The first-order valence-corrected chi connectivity index (χ1v) is 6.89. The Balaban J connectivity index is 1.78. The number of amides is 1. The van der Waals surface area contributed by atoms with Gasteiger partial charge in [-0.2, -0.15) is 0 Å². The second-order valence-corrected chi connectivity index (χ2v) is 5.45. The molecule has 0 aromatic carbocycles. The van der Waals surface area contributed by atoms with Crippen LogP contribution in [0.15, 0.2) is 0 Å². The number of carbonyl (C=O) groups excluding carboxylic acids is 1. The Bertz CT molecular complexity index is 252. The van der Waals surface area contributed by atoms with Gasteiger partial charge < -0.3 is 15.3 Å². The Morgan fingerprint density at radius 3 is 2.82 bits per heavy atom. The zero-order valence-corrected chi connectivity index (χ0v) is 10.5. The van der Waals surface area contributed by atoms with Gasteiger partial charge in [0.25, 0.3) is 0 Å². The van der Waals surface area contributed by atoms with E-state index in [0.717, 1.165) is 39.0 Å². The second kappa shape index (κ2) is 6.36. The molecule has 98 valence electrons. The molecule has 17 heavy (non-hydrogen) atoms. The molecule has 2 saturated heterocycles. The number of piperidine rings is 2. The van der Waals surface area contributed by atoms with E-state index in [2.05, 4.69) is 5.32 Å². The first-order valence-electron chi connectivity index (χ1n) is 6.89. The molecule has 2 atom stereocenters. The average molecular weight is 240 g/mol. The van der Waals surface area contributed by atoms with Crippen molar-refractivity contribution in [2.45, 2.75) is 32.1 Å². The summed E-state index contributed by atoms with van der Waals surface area (Å²) in [6.07, 6.45) is 5.16.